The predicted octanol–water partition coefficient (Wildman–Crippen LogP) is 1.90. The average molecular weight is 252 g/mol. The van der Waals surface area contributed by atoms with E-state index in [4.69, 9.17) is 5.11 Å². The number of nitrogens with zero attached hydrogens (tertiary/aromatic N) is 3. The lowest BCUT2D eigenvalue weighted by Gasteiger charge is -2.18. The summed E-state index contributed by atoms with van der Waals surface area (Å²) in [5.41, 5.74) is 0. The Morgan fingerprint density at radius 3 is 2.83 bits per heavy atom. The van der Waals surface area contributed by atoms with Crippen molar-refractivity contribution in [1.29, 1.82) is 0 Å². The molecule has 0 spiro atoms. The molecule has 1 heterocycles. The lowest BCUT2D eigenvalue weighted by atomic mass is 10.2. The summed E-state index contributed by atoms with van der Waals surface area (Å²) in [5.74, 6) is 1.82. The molecule has 0 aromatic carbocycles. The van der Waals surface area contributed by atoms with Crippen LogP contribution in [0.5, 0.6) is 0 Å². The van der Waals surface area contributed by atoms with Crippen molar-refractivity contribution in [3.8, 4) is 0 Å². The number of aliphatic hydroxyl groups is 1. The third kappa shape index (κ3) is 5.31. The molecular formula is C13H24N4O. The maximum Gasteiger partial charge on any atom is 0.133 e. The van der Waals surface area contributed by atoms with Crippen LogP contribution >= 0.6 is 0 Å². The maximum atomic E-state index is 8.72. The molecule has 0 aliphatic carbocycles. The van der Waals surface area contributed by atoms with Crippen LogP contribution in [-0.2, 0) is 0 Å². The van der Waals surface area contributed by atoms with E-state index in [9.17, 15) is 0 Å². The number of aromatic nitrogens is 2. The van der Waals surface area contributed by atoms with Gasteiger partial charge in [0.05, 0.1) is 0 Å². The Kier molecular flexibility index (Phi) is 7.10. The molecule has 1 aromatic heterocycles. The summed E-state index contributed by atoms with van der Waals surface area (Å²) in [4.78, 5) is 10.6. The Hall–Kier alpha value is -1.36. The van der Waals surface area contributed by atoms with E-state index >= 15 is 0 Å². The summed E-state index contributed by atoms with van der Waals surface area (Å²) in [6.07, 6.45) is 5.67. The fourth-order valence-electron chi connectivity index (χ4n) is 1.66. The molecule has 102 valence electrons. The maximum absolute atomic E-state index is 8.72. The van der Waals surface area contributed by atoms with Crippen LogP contribution in [0.4, 0.5) is 11.6 Å². The summed E-state index contributed by atoms with van der Waals surface area (Å²) in [6, 6.07) is 1.97. The molecule has 5 heteroatoms. The van der Waals surface area contributed by atoms with Crippen LogP contribution in [0.1, 0.15) is 32.6 Å². The van der Waals surface area contributed by atoms with Crippen molar-refractivity contribution < 1.29 is 5.11 Å². The SMILES string of the molecule is CCCNc1cc(N(C)CCCCCO)ncn1. The number of hydrogen-bond donors (Lipinski definition) is 2. The zero-order valence-corrected chi connectivity index (χ0v) is 11.4. The second-order valence-electron chi connectivity index (χ2n) is 4.39. The first-order valence-electron chi connectivity index (χ1n) is 6.65. The van der Waals surface area contributed by atoms with E-state index in [1.807, 2.05) is 13.1 Å². The van der Waals surface area contributed by atoms with E-state index in [0.29, 0.717) is 0 Å². The molecule has 0 saturated carbocycles. The van der Waals surface area contributed by atoms with Crippen LogP contribution in [0.2, 0.25) is 0 Å². The Bertz CT molecular complexity index is 333. The molecule has 0 fully saturated rings. The summed E-state index contributed by atoms with van der Waals surface area (Å²) >= 11 is 0. The van der Waals surface area contributed by atoms with Crippen LogP contribution in [0.15, 0.2) is 12.4 Å². The highest BCUT2D eigenvalue weighted by Crippen LogP contribution is 2.13. The van der Waals surface area contributed by atoms with Gasteiger partial charge in [-0.15, -0.1) is 0 Å². The zero-order chi connectivity index (χ0) is 13.2. The van der Waals surface area contributed by atoms with Gasteiger partial charge in [-0.25, -0.2) is 9.97 Å². The number of nitrogens with one attached hydrogen (secondary N) is 1. The van der Waals surface area contributed by atoms with Crippen LogP contribution < -0.4 is 10.2 Å². The van der Waals surface area contributed by atoms with Crippen LogP contribution in [0, 0.1) is 0 Å². The summed E-state index contributed by atoms with van der Waals surface area (Å²) in [5, 5.41) is 12.0. The van der Waals surface area contributed by atoms with Crippen molar-refractivity contribution in [2.24, 2.45) is 0 Å². The molecule has 0 aliphatic rings. The molecule has 0 amide bonds. The Balaban J connectivity index is 2.43. The first-order chi connectivity index (χ1) is 8.77. The van der Waals surface area contributed by atoms with Gasteiger partial charge in [-0.1, -0.05) is 6.92 Å². The van der Waals surface area contributed by atoms with Gasteiger partial charge < -0.3 is 15.3 Å². The third-order valence-electron chi connectivity index (χ3n) is 2.75. The van der Waals surface area contributed by atoms with Crippen molar-refractivity contribution in [3.05, 3.63) is 12.4 Å². The largest absolute Gasteiger partial charge is 0.396 e. The fraction of sp³-hybridized carbons (Fsp3) is 0.692. The Morgan fingerprint density at radius 1 is 1.28 bits per heavy atom. The second kappa shape index (κ2) is 8.69. The minimum Gasteiger partial charge on any atom is -0.396 e. The predicted molar refractivity (Wildman–Crippen MR) is 75.0 cm³/mol. The lowest BCUT2D eigenvalue weighted by molar-refractivity contribution is 0.283. The Labute approximate surface area is 109 Å². The van der Waals surface area contributed by atoms with Gasteiger partial charge in [-0.2, -0.15) is 0 Å². The first-order valence-corrected chi connectivity index (χ1v) is 6.65. The molecule has 0 atom stereocenters. The lowest BCUT2D eigenvalue weighted by Crippen LogP contribution is -2.20. The molecule has 1 rings (SSSR count). The molecule has 0 saturated heterocycles. The first kappa shape index (κ1) is 14.7. The minimum atomic E-state index is 0.280. The van der Waals surface area contributed by atoms with E-state index in [2.05, 4.69) is 27.1 Å². The second-order valence-corrected chi connectivity index (χ2v) is 4.39. The standard InChI is InChI=1S/C13H24N4O/c1-3-7-14-12-10-13(16-11-15-12)17(2)8-5-4-6-9-18/h10-11,18H,3-9H2,1-2H3,(H,14,15,16). The molecule has 0 bridgehead atoms. The van der Waals surface area contributed by atoms with Crippen molar-refractivity contribution in [2.75, 3.05) is 37.0 Å². The highest BCUT2D eigenvalue weighted by atomic mass is 16.2. The van der Waals surface area contributed by atoms with Crippen molar-refractivity contribution >= 4 is 11.6 Å². The van der Waals surface area contributed by atoms with Gasteiger partial charge in [-0.3, -0.25) is 0 Å². The molecular weight excluding hydrogens is 228 g/mol. The molecule has 2 N–H and O–H groups in total. The third-order valence-corrected chi connectivity index (χ3v) is 2.75. The van der Waals surface area contributed by atoms with Crippen LogP contribution in [-0.4, -0.2) is 41.8 Å². The molecule has 18 heavy (non-hydrogen) atoms. The summed E-state index contributed by atoms with van der Waals surface area (Å²) < 4.78 is 0. The number of hydrogen-bond acceptors (Lipinski definition) is 5. The monoisotopic (exact) mass is 252 g/mol. The van der Waals surface area contributed by atoms with E-state index < -0.39 is 0 Å². The van der Waals surface area contributed by atoms with Gasteiger partial charge in [0.2, 0.25) is 0 Å². The van der Waals surface area contributed by atoms with E-state index in [-0.39, 0.29) is 6.61 Å². The highest BCUT2D eigenvalue weighted by Gasteiger charge is 2.03. The van der Waals surface area contributed by atoms with Crippen molar-refractivity contribution in [2.45, 2.75) is 32.6 Å². The van der Waals surface area contributed by atoms with E-state index in [1.165, 1.54) is 0 Å². The molecule has 1 aromatic rings. The Morgan fingerprint density at radius 2 is 2.11 bits per heavy atom. The normalized spacial score (nSPS) is 10.4. The molecule has 0 unspecified atom stereocenters. The van der Waals surface area contributed by atoms with Gasteiger partial charge in [-0.05, 0) is 25.7 Å². The number of unbranched alkanes of at least 4 members (excludes halogenated alkanes) is 2. The van der Waals surface area contributed by atoms with E-state index in [1.54, 1.807) is 6.33 Å². The van der Waals surface area contributed by atoms with Crippen molar-refractivity contribution in [3.63, 3.8) is 0 Å². The smallest absolute Gasteiger partial charge is 0.133 e. The quantitative estimate of drug-likeness (QED) is 0.657. The van der Waals surface area contributed by atoms with E-state index in [0.717, 1.165) is 50.4 Å². The zero-order valence-electron chi connectivity index (χ0n) is 11.4. The van der Waals surface area contributed by atoms with Crippen LogP contribution in [0.25, 0.3) is 0 Å². The van der Waals surface area contributed by atoms with Crippen LogP contribution in [0.3, 0.4) is 0 Å². The van der Waals surface area contributed by atoms with Gasteiger partial charge in [0, 0.05) is 32.8 Å². The summed E-state index contributed by atoms with van der Waals surface area (Å²) in [7, 11) is 2.03. The number of anilines is 2. The molecule has 5 nitrogen and oxygen atoms in total. The number of aliphatic hydroxyl groups excluding tert-OH is 1. The fourth-order valence-corrected chi connectivity index (χ4v) is 1.66. The summed E-state index contributed by atoms with van der Waals surface area (Å²) in [6.45, 7) is 4.28. The van der Waals surface area contributed by atoms with Gasteiger partial charge in [0.15, 0.2) is 0 Å². The molecule has 0 radical (unpaired) electrons. The highest BCUT2D eigenvalue weighted by molar-refractivity contribution is 5.47. The van der Waals surface area contributed by atoms with Gasteiger partial charge in [0.1, 0.15) is 18.0 Å². The molecule has 0 aliphatic heterocycles. The van der Waals surface area contributed by atoms with Gasteiger partial charge in [0.25, 0.3) is 0 Å². The average Bonchev–Trinajstić information content (AvgIpc) is 2.41. The minimum absolute atomic E-state index is 0.280. The van der Waals surface area contributed by atoms with Gasteiger partial charge >= 0.3 is 0 Å². The van der Waals surface area contributed by atoms with Crippen molar-refractivity contribution in [1.82, 2.24) is 9.97 Å². The number of rotatable bonds is 9. The topological polar surface area (TPSA) is 61.3 Å².